The molecule has 0 unspecified atom stereocenters. The molecule has 2 aliphatic rings. The number of carbonyl (C=O) groups is 3. The van der Waals surface area contributed by atoms with Crippen molar-refractivity contribution in [2.75, 3.05) is 24.3 Å². The molecule has 0 saturated carbocycles. The van der Waals surface area contributed by atoms with E-state index in [1.54, 1.807) is 35.4 Å². The molecule has 0 saturated heterocycles. The summed E-state index contributed by atoms with van der Waals surface area (Å²) in [6.45, 7) is 2.18. The molecule has 0 radical (unpaired) electrons. The second kappa shape index (κ2) is 12.2. The van der Waals surface area contributed by atoms with Crippen molar-refractivity contribution in [1.29, 1.82) is 5.26 Å². The van der Waals surface area contributed by atoms with Gasteiger partial charge in [0.25, 0.3) is 0 Å². The lowest BCUT2D eigenvalue weighted by Crippen LogP contribution is -2.38. The van der Waals surface area contributed by atoms with Crippen molar-refractivity contribution in [3.05, 3.63) is 83.4 Å². The van der Waals surface area contributed by atoms with Crippen LogP contribution in [-0.2, 0) is 14.3 Å². The van der Waals surface area contributed by atoms with Gasteiger partial charge in [0, 0.05) is 41.5 Å². The van der Waals surface area contributed by atoms with Gasteiger partial charge in [-0.25, -0.2) is 9.18 Å². The molecular weight excluding hydrogens is 537 g/mol. The van der Waals surface area contributed by atoms with Crippen LogP contribution in [0.2, 0.25) is 0 Å². The van der Waals surface area contributed by atoms with Gasteiger partial charge in [0.05, 0.1) is 36.2 Å². The second-order valence-electron chi connectivity index (χ2n) is 10.4. The number of anilines is 2. The minimum Gasteiger partial charge on any atom is -0.453 e. The molecule has 0 spiro atoms. The van der Waals surface area contributed by atoms with E-state index in [4.69, 9.17) is 4.74 Å². The molecule has 5 rings (SSSR count). The molecule has 3 amide bonds. The third-order valence-electron chi connectivity index (χ3n) is 7.74. The molecule has 9 nitrogen and oxygen atoms in total. The third-order valence-corrected chi connectivity index (χ3v) is 7.74. The lowest BCUT2D eigenvalue weighted by molar-refractivity contribution is -0.129. The van der Waals surface area contributed by atoms with Gasteiger partial charge in [0.15, 0.2) is 0 Å². The molecule has 1 aromatic heterocycles. The Labute approximate surface area is 243 Å². The summed E-state index contributed by atoms with van der Waals surface area (Å²) in [5, 5.41) is 15.1. The molecule has 2 aromatic carbocycles. The van der Waals surface area contributed by atoms with E-state index >= 15 is 0 Å². The first-order chi connectivity index (χ1) is 20.3. The molecule has 2 bridgehead atoms. The minimum atomic E-state index is -0.626. The highest BCUT2D eigenvalue weighted by Gasteiger charge is 2.31. The quantitative estimate of drug-likeness (QED) is 0.397. The number of fused-ring (bicyclic) bond motifs is 4. The van der Waals surface area contributed by atoms with Crippen LogP contribution in [0.1, 0.15) is 55.5 Å². The Balaban J connectivity index is 1.52. The predicted octanol–water partition coefficient (Wildman–Crippen LogP) is 6.05. The molecule has 3 heterocycles. The summed E-state index contributed by atoms with van der Waals surface area (Å²) in [7, 11) is 1.27. The number of ether oxygens (including phenoxy) is 1. The normalized spacial score (nSPS) is 18.8. The van der Waals surface area contributed by atoms with Crippen molar-refractivity contribution in [2.24, 2.45) is 5.92 Å². The van der Waals surface area contributed by atoms with E-state index in [-0.39, 0.29) is 34.9 Å². The van der Waals surface area contributed by atoms with E-state index in [0.29, 0.717) is 54.9 Å². The van der Waals surface area contributed by atoms with Gasteiger partial charge in [-0.2, -0.15) is 5.26 Å². The summed E-state index contributed by atoms with van der Waals surface area (Å²) in [5.74, 6) is -1.27. The van der Waals surface area contributed by atoms with E-state index in [1.165, 1.54) is 25.3 Å². The first kappa shape index (κ1) is 28.5. The van der Waals surface area contributed by atoms with E-state index in [2.05, 4.69) is 15.6 Å². The average Bonchev–Trinajstić information content (AvgIpc) is 2.99. The first-order valence-electron chi connectivity index (χ1n) is 13.8. The number of carbonyl (C=O) groups excluding carboxylic acids is 3. The molecule has 2 N–H and O–H groups in total. The summed E-state index contributed by atoms with van der Waals surface area (Å²) in [4.78, 5) is 44.8. The van der Waals surface area contributed by atoms with Crippen LogP contribution in [-0.4, -0.2) is 41.4 Å². The number of aromatic nitrogens is 1. The number of halogens is 1. The van der Waals surface area contributed by atoms with E-state index in [9.17, 15) is 24.0 Å². The molecule has 10 heteroatoms. The maximum absolute atomic E-state index is 14.7. The van der Waals surface area contributed by atoms with Gasteiger partial charge in [0.2, 0.25) is 11.8 Å². The molecule has 2 atom stereocenters. The van der Waals surface area contributed by atoms with Gasteiger partial charge >= 0.3 is 6.09 Å². The van der Waals surface area contributed by atoms with Gasteiger partial charge < -0.3 is 15.0 Å². The number of nitriles is 1. The van der Waals surface area contributed by atoms with Crippen LogP contribution in [0.5, 0.6) is 0 Å². The molecule has 0 aliphatic carbocycles. The van der Waals surface area contributed by atoms with Crippen LogP contribution in [0.15, 0.2) is 60.8 Å². The topological polar surface area (TPSA) is 124 Å². The van der Waals surface area contributed by atoms with E-state index in [0.717, 1.165) is 11.1 Å². The monoisotopic (exact) mass is 567 g/mol. The summed E-state index contributed by atoms with van der Waals surface area (Å²) in [6, 6.07) is 14.9. The standard InChI is InChI=1S/C32H30FN5O4/c1-19-5-3-8-28(38-14-12-21(16-29(38)39)30-22(18-34)6-4-7-25(30)33)27-15-20(11-13-35-27)24-10-9-23(36-32(41)42-2)17-26(24)37-31(19)40/h4,6-7,9-11,13,15-17,19,28H,3,5,8,12,14H2,1-2H3,(H,36,41)(H,37,40)/t19-,28+/m0/s1. The molecule has 3 aromatic rings. The Hall–Kier alpha value is -5.04. The number of hydrogen-bond donors (Lipinski definition) is 2. The number of amides is 3. The van der Waals surface area contributed by atoms with Crippen molar-refractivity contribution in [2.45, 2.75) is 38.6 Å². The van der Waals surface area contributed by atoms with E-state index in [1.807, 2.05) is 25.1 Å². The van der Waals surface area contributed by atoms with Crippen molar-refractivity contribution in [3.63, 3.8) is 0 Å². The highest BCUT2D eigenvalue weighted by molar-refractivity contribution is 5.99. The SMILES string of the molecule is COC(=O)Nc1ccc2c(c1)NC(=O)[C@@H](C)CCC[C@@H](N1CCC(c3c(F)cccc3C#N)=CC1=O)c1cc-2ccn1. The fourth-order valence-electron chi connectivity index (χ4n) is 5.52. The number of nitrogens with one attached hydrogen (secondary N) is 2. The fourth-order valence-corrected chi connectivity index (χ4v) is 5.52. The van der Waals surface area contributed by atoms with Gasteiger partial charge in [0.1, 0.15) is 5.82 Å². The third kappa shape index (κ3) is 5.86. The fraction of sp³-hybridized carbons (Fsp3) is 0.281. The highest BCUT2D eigenvalue weighted by atomic mass is 19.1. The minimum absolute atomic E-state index is 0.155. The maximum atomic E-state index is 14.7. The zero-order valence-corrected chi connectivity index (χ0v) is 23.3. The summed E-state index contributed by atoms with van der Waals surface area (Å²) in [5.41, 5.74) is 4.05. The van der Waals surface area contributed by atoms with Crippen LogP contribution in [0, 0.1) is 23.1 Å². The number of methoxy groups -OCH3 is 1. The Kier molecular flexibility index (Phi) is 8.29. The van der Waals surface area contributed by atoms with Crippen molar-refractivity contribution < 1.29 is 23.5 Å². The van der Waals surface area contributed by atoms with Crippen LogP contribution in [0.3, 0.4) is 0 Å². The van der Waals surface area contributed by atoms with Crippen molar-refractivity contribution in [3.8, 4) is 17.2 Å². The number of benzene rings is 2. The zero-order valence-electron chi connectivity index (χ0n) is 23.3. The summed E-state index contributed by atoms with van der Waals surface area (Å²) in [6.07, 6.45) is 4.68. The summed E-state index contributed by atoms with van der Waals surface area (Å²) >= 11 is 0. The lowest BCUT2D eigenvalue weighted by atomic mass is 9.91. The molecule has 0 fully saturated rings. The number of nitrogens with zero attached hydrogens (tertiary/aromatic N) is 3. The van der Waals surface area contributed by atoms with Gasteiger partial charge in [-0.05, 0) is 66.8 Å². The Bertz CT molecular complexity index is 1630. The van der Waals surface area contributed by atoms with E-state index < -0.39 is 11.9 Å². The van der Waals surface area contributed by atoms with Crippen molar-refractivity contribution in [1.82, 2.24) is 9.88 Å². The highest BCUT2D eigenvalue weighted by Crippen LogP contribution is 2.37. The molecule has 42 heavy (non-hydrogen) atoms. The number of hydrogen-bond acceptors (Lipinski definition) is 6. The van der Waals surface area contributed by atoms with Crippen LogP contribution >= 0.6 is 0 Å². The first-order valence-corrected chi connectivity index (χ1v) is 13.8. The van der Waals surface area contributed by atoms with Crippen LogP contribution in [0.4, 0.5) is 20.6 Å². The maximum Gasteiger partial charge on any atom is 0.411 e. The number of rotatable bonds is 3. The predicted molar refractivity (Wildman–Crippen MR) is 156 cm³/mol. The second-order valence-corrected chi connectivity index (χ2v) is 10.4. The summed E-state index contributed by atoms with van der Waals surface area (Å²) < 4.78 is 19.4. The smallest absolute Gasteiger partial charge is 0.411 e. The number of pyridine rings is 1. The van der Waals surface area contributed by atoms with Gasteiger partial charge in [-0.1, -0.05) is 25.5 Å². The molecule has 214 valence electrons. The molecule has 2 aliphatic heterocycles. The zero-order chi connectivity index (χ0) is 29.8. The van der Waals surface area contributed by atoms with Crippen LogP contribution in [0.25, 0.3) is 16.7 Å². The Morgan fingerprint density at radius 2 is 2.02 bits per heavy atom. The Morgan fingerprint density at radius 3 is 2.79 bits per heavy atom. The lowest BCUT2D eigenvalue weighted by Gasteiger charge is -2.34. The average molecular weight is 568 g/mol. The van der Waals surface area contributed by atoms with Gasteiger partial charge in [-0.3, -0.25) is 19.9 Å². The largest absolute Gasteiger partial charge is 0.453 e. The van der Waals surface area contributed by atoms with Crippen molar-refractivity contribution >= 4 is 34.9 Å². The Morgan fingerprint density at radius 1 is 1.19 bits per heavy atom. The van der Waals surface area contributed by atoms with Gasteiger partial charge in [-0.15, -0.1) is 0 Å². The molecular formula is C32H30FN5O4. The van der Waals surface area contributed by atoms with Crippen LogP contribution < -0.4 is 10.6 Å².